The zero-order valence-electron chi connectivity index (χ0n) is 13.8. The van der Waals surface area contributed by atoms with Gasteiger partial charge in [0, 0.05) is 5.92 Å². The Kier molecular flexibility index (Phi) is 4.16. The van der Waals surface area contributed by atoms with Gasteiger partial charge in [0.25, 0.3) is 0 Å². The molecular formula is C17H19N3O4. The lowest BCUT2D eigenvalue weighted by Gasteiger charge is -2.23. The van der Waals surface area contributed by atoms with Gasteiger partial charge in [-0.25, -0.2) is 4.79 Å². The summed E-state index contributed by atoms with van der Waals surface area (Å²) in [5.74, 6) is 6.21. The third-order valence-corrected chi connectivity index (χ3v) is 3.93. The molecular weight excluding hydrogens is 310 g/mol. The molecule has 0 unspecified atom stereocenters. The molecule has 3 rings (SSSR count). The average molecular weight is 329 g/mol. The monoisotopic (exact) mass is 329 g/mol. The van der Waals surface area contributed by atoms with Crippen molar-refractivity contribution in [2.75, 3.05) is 19.6 Å². The van der Waals surface area contributed by atoms with Crippen molar-refractivity contribution in [1.29, 1.82) is 0 Å². The molecule has 1 aromatic heterocycles. The summed E-state index contributed by atoms with van der Waals surface area (Å²) in [4.78, 5) is 13.3. The van der Waals surface area contributed by atoms with Crippen LogP contribution < -0.4 is 15.3 Å². The third-order valence-electron chi connectivity index (χ3n) is 3.93. The van der Waals surface area contributed by atoms with Crippen LogP contribution >= 0.6 is 0 Å². The standard InChI is InChI=1S/C17H19N3O4/c1-4-23-17(21)15-14-13(11-5-7-12(22-3)8-6-11)10(2)9-24-16(14)19-20(15)18/h5-9,13H,4,18H2,1-3H3/t13-/m0/s1. The van der Waals surface area contributed by atoms with Gasteiger partial charge in [-0.2, -0.15) is 4.79 Å². The predicted octanol–water partition coefficient (Wildman–Crippen LogP) is 2.21. The highest BCUT2D eigenvalue weighted by Crippen LogP contribution is 2.42. The molecule has 7 heteroatoms. The Hall–Kier alpha value is -2.96. The van der Waals surface area contributed by atoms with Crippen molar-refractivity contribution in [3.63, 3.8) is 0 Å². The van der Waals surface area contributed by atoms with E-state index in [4.69, 9.17) is 20.1 Å². The fourth-order valence-electron chi connectivity index (χ4n) is 2.85. The number of nitrogens with two attached hydrogens (primary N) is 1. The van der Waals surface area contributed by atoms with Crippen LogP contribution in [0.15, 0.2) is 36.1 Å². The van der Waals surface area contributed by atoms with Crippen LogP contribution in [-0.2, 0) is 4.74 Å². The third kappa shape index (κ3) is 2.58. The lowest BCUT2D eigenvalue weighted by molar-refractivity contribution is 0.0513. The fourth-order valence-corrected chi connectivity index (χ4v) is 2.85. The molecule has 0 spiro atoms. The SMILES string of the molecule is CCOC(=O)c1c2c(nn1N)OC=C(C)[C@H]2c1ccc(OC)cc1. The number of fused-ring (bicyclic) bond motifs is 1. The summed E-state index contributed by atoms with van der Waals surface area (Å²) in [6.07, 6.45) is 1.62. The molecule has 0 radical (unpaired) electrons. The van der Waals surface area contributed by atoms with Crippen LogP contribution in [0.5, 0.6) is 11.6 Å². The van der Waals surface area contributed by atoms with E-state index < -0.39 is 5.97 Å². The van der Waals surface area contributed by atoms with Gasteiger partial charge in [0.2, 0.25) is 5.88 Å². The van der Waals surface area contributed by atoms with E-state index in [0.717, 1.165) is 21.7 Å². The van der Waals surface area contributed by atoms with Crippen molar-refractivity contribution in [1.82, 2.24) is 9.89 Å². The number of hydrogen-bond donors (Lipinski definition) is 1. The van der Waals surface area contributed by atoms with Crippen LogP contribution in [-0.4, -0.2) is 29.6 Å². The quantitative estimate of drug-likeness (QED) is 0.683. The smallest absolute Gasteiger partial charge is 0.359 e. The number of aromatic nitrogens is 2. The predicted molar refractivity (Wildman–Crippen MR) is 87.6 cm³/mol. The van der Waals surface area contributed by atoms with Gasteiger partial charge in [-0.1, -0.05) is 12.1 Å². The molecule has 0 fully saturated rings. The number of rotatable bonds is 4. The number of benzene rings is 1. The molecule has 1 atom stereocenters. The summed E-state index contributed by atoms with van der Waals surface area (Å²) < 4.78 is 15.8. The van der Waals surface area contributed by atoms with E-state index in [9.17, 15) is 4.79 Å². The second-order valence-corrected chi connectivity index (χ2v) is 5.42. The molecule has 24 heavy (non-hydrogen) atoms. The zero-order valence-corrected chi connectivity index (χ0v) is 13.8. The fraction of sp³-hybridized carbons (Fsp3) is 0.294. The molecule has 0 saturated carbocycles. The number of carbonyl (C=O) groups is 1. The van der Waals surface area contributed by atoms with Gasteiger partial charge >= 0.3 is 5.97 Å². The number of nitrogens with zero attached hydrogens (tertiary/aromatic N) is 2. The molecule has 0 bridgehead atoms. The molecule has 1 aliphatic rings. The highest BCUT2D eigenvalue weighted by atomic mass is 16.5. The molecule has 1 aliphatic heterocycles. The van der Waals surface area contributed by atoms with Crippen molar-refractivity contribution in [2.24, 2.45) is 0 Å². The number of esters is 1. The Morgan fingerprint density at radius 1 is 1.38 bits per heavy atom. The summed E-state index contributed by atoms with van der Waals surface area (Å²) in [5.41, 5.74) is 2.72. The number of carbonyl (C=O) groups excluding carboxylic acids is 1. The Bertz CT molecular complexity index is 793. The minimum atomic E-state index is -0.523. The second-order valence-electron chi connectivity index (χ2n) is 5.42. The first-order valence-corrected chi connectivity index (χ1v) is 7.59. The molecule has 0 amide bonds. The van der Waals surface area contributed by atoms with E-state index >= 15 is 0 Å². The highest BCUT2D eigenvalue weighted by molar-refractivity contribution is 5.91. The molecule has 1 aromatic carbocycles. The Labute approximate surface area is 139 Å². The molecule has 2 heterocycles. The van der Waals surface area contributed by atoms with Gasteiger partial charge < -0.3 is 20.1 Å². The van der Waals surface area contributed by atoms with Crippen LogP contribution in [0.2, 0.25) is 0 Å². The van der Waals surface area contributed by atoms with Gasteiger partial charge in [-0.15, -0.1) is 5.10 Å². The molecule has 2 N–H and O–H groups in total. The summed E-state index contributed by atoms with van der Waals surface area (Å²) in [5, 5.41) is 4.10. The summed E-state index contributed by atoms with van der Waals surface area (Å²) in [6.45, 7) is 3.92. The van der Waals surface area contributed by atoms with E-state index in [1.54, 1.807) is 20.3 Å². The maximum absolute atomic E-state index is 12.3. The van der Waals surface area contributed by atoms with Crippen molar-refractivity contribution >= 4 is 5.97 Å². The number of nitrogen functional groups attached to an aromatic ring is 1. The molecule has 126 valence electrons. The van der Waals surface area contributed by atoms with Crippen molar-refractivity contribution in [3.8, 4) is 11.6 Å². The lowest BCUT2D eigenvalue weighted by Crippen LogP contribution is -2.22. The normalized spacial score (nSPS) is 16.0. The second kappa shape index (κ2) is 6.27. The van der Waals surface area contributed by atoms with Gasteiger partial charge in [-0.3, -0.25) is 0 Å². The maximum atomic E-state index is 12.3. The van der Waals surface area contributed by atoms with Crippen LogP contribution in [0.4, 0.5) is 0 Å². The molecule has 2 aromatic rings. The van der Waals surface area contributed by atoms with Crippen molar-refractivity contribution < 1.29 is 19.0 Å². The number of ether oxygens (including phenoxy) is 3. The van der Waals surface area contributed by atoms with Gasteiger partial charge in [0.1, 0.15) is 5.75 Å². The van der Waals surface area contributed by atoms with E-state index in [0.29, 0.717) is 11.4 Å². The maximum Gasteiger partial charge on any atom is 0.359 e. The van der Waals surface area contributed by atoms with Crippen LogP contribution in [0.1, 0.15) is 41.4 Å². The first kappa shape index (κ1) is 15.9. The summed E-state index contributed by atoms with van der Waals surface area (Å²) in [7, 11) is 1.62. The van der Waals surface area contributed by atoms with Gasteiger partial charge in [0.05, 0.1) is 25.5 Å². The largest absolute Gasteiger partial charge is 0.497 e. The average Bonchev–Trinajstić information content (AvgIpc) is 2.91. The van der Waals surface area contributed by atoms with E-state index in [1.165, 1.54) is 0 Å². The van der Waals surface area contributed by atoms with Crippen LogP contribution in [0.25, 0.3) is 0 Å². The van der Waals surface area contributed by atoms with Crippen molar-refractivity contribution in [2.45, 2.75) is 19.8 Å². The van der Waals surface area contributed by atoms with Crippen LogP contribution in [0, 0.1) is 0 Å². The van der Waals surface area contributed by atoms with E-state index in [1.807, 2.05) is 31.2 Å². The summed E-state index contributed by atoms with van der Waals surface area (Å²) >= 11 is 0. The zero-order chi connectivity index (χ0) is 17.3. The Balaban J connectivity index is 2.12. The highest BCUT2D eigenvalue weighted by Gasteiger charge is 2.35. The van der Waals surface area contributed by atoms with Crippen LogP contribution in [0.3, 0.4) is 0 Å². The Morgan fingerprint density at radius 2 is 2.08 bits per heavy atom. The number of methoxy groups -OCH3 is 1. The molecule has 0 saturated heterocycles. The number of allylic oxidation sites excluding steroid dienone is 1. The lowest BCUT2D eigenvalue weighted by atomic mass is 9.85. The first-order valence-electron chi connectivity index (χ1n) is 7.59. The topological polar surface area (TPSA) is 88.6 Å². The minimum Gasteiger partial charge on any atom is -0.497 e. The van der Waals surface area contributed by atoms with E-state index in [-0.39, 0.29) is 18.2 Å². The molecule has 7 nitrogen and oxygen atoms in total. The first-order chi connectivity index (χ1) is 11.6. The van der Waals surface area contributed by atoms with Crippen molar-refractivity contribution in [3.05, 3.63) is 52.9 Å². The summed E-state index contributed by atoms with van der Waals surface area (Å²) in [6, 6.07) is 7.63. The van der Waals surface area contributed by atoms with E-state index in [2.05, 4.69) is 5.10 Å². The molecule has 0 aliphatic carbocycles. The van der Waals surface area contributed by atoms with Gasteiger partial charge in [0.15, 0.2) is 5.69 Å². The van der Waals surface area contributed by atoms with Gasteiger partial charge in [-0.05, 0) is 37.1 Å². The minimum absolute atomic E-state index is 0.195. The number of hydrogen-bond acceptors (Lipinski definition) is 6. The Morgan fingerprint density at radius 3 is 2.71 bits per heavy atom.